The second-order valence-electron chi connectivity index (χ2n) is 2.00. The number of rotatable bonds is 0. The zero-order chi connectivity index (χ0) is 7.15. The van der Waals surface area contributed by atoms with Crippen molar-refractivity contribution in [1.82, 2.24) is 6.15 Å². The van der Waals surface area contributed by atoms with E-state index < -0.39 is 0 Å². The first-order valence-corrected chi connectivity index (χ1v) is 2.62. The lowest BCUT2D eigenvalue weighted by atomic mass is 10.5. The maximum absolute atomic E-state index is 9.44. The van der Waals surface area contributed by atoms with E-state index in [4.69, 9.17) is 5.11 Å². The largest absolute Gasteiger partial charge is 0.412 e. The van der Waals surface area contributed by atoms with Crippen LogP contribution in [0.15, 0.2) is 0 Å². The van der Waals surface area contributed by atoms with E-state index in [0.717, 1.165) is 0 Å². The fourth-order valence-electron chi connectivity index (χ4n) is 0. The lowest BCUT2D eigenvalue weighted by Gasteiger charge is -1.80. The summed E-state index contributed by atoms with van der Waals surface area (Å²) in [6.07, 6.45) is -0.167. The highest BCUT2D eigenvalue weighted by Gasteiger charge is 1.69. The second-order valence-corrected chi connectivity index (χ2v) is 2.00. The Bertz CT molecular complexity index is 57.3. The maximum Gasteiger partial charge on any atom is 0.126 e. The van der Waals surface area contributed by atoms with E-state index in [1.807, 2.05) is 0 Å². The van der Waals surface area contributed by atoms with Gasteiger partial charge in [0.15, 0.2) is 0 Å². The highest BCUT2D eigenvalue weighted by Crippen LogP contribution is 1.65. The molecular weight excluding hydrogens is 134 g/mol. The van der Waals surface area contributed by atoms with Crippen molar-refractivity contribution in [2.45, 2.75) is 33.8 Å². The predicted octanol–water partition coefficient (Wildman–Crippen LogP) is 0.320. The van der Waals surface area contributed by atoms with Gasteiger partial charge in [0.25, 0.3) is 0 Å². The summed E-state index contributed by atoms with van der Waals surface area (Å²) < 4.78 is 0. The minimum atomic E-state index is -0.167. The Balaban J connectivity index is -0.0000000300. The van der Waals surface area contributed by atoms with Crippen LogP contribution < -0.4 is 6.15 Å². The number of ketones is 1. The first kappa shape index (κ1) is 22.7. The van der Waals surface area contributed by atoms with Gasteiger partial charge in [-0.2, -0.15) is 0 Å². The third-order valence-electron chi connectivity index (χ3n) is 0. The molecule has 0 fully saturated rings. The average molecular weight is 153 g/mol. The van der Waals surface area contributed by atoms with Crippen LogP contribution in [0.25, 0.3) is 0 Å². The van der Waals surface area contributed by atoms with E-state index in [-0.39, 0.29) is 23.5 Å². The van der Waals surface area contributed by atoms with Crippen molar-refractivity contribution in [2.24, 2.45) is 0 Å². The number of aliphatic hydroxyl groups excluding tert-OH is 1. The van der Waals surface area contributed by atoms with Gasteiger partial charge in [-0.1, -0.05) is 0 Å². The summed E-state index contributed by atoms with van der Waals surface area (Å²) in [5, 5.41) is 8.06. The van der Waals surface area contributed by atoms with E-state index in [0.29, 0.717) is 0 Å². The van der Waals surface area contributed by atoms with Gasteiger partial charge >= 0.3 is 0 Å². The van der Waals surface area contributed by atoms with Crippen molar-refractivity contribution in [1.29, 1.82) is 0 Å². The molecule has 0 saturated heterocycles. The van der Waals surface area contributed by atoms with E-state index in [2.05, 4.69) is 0 Å². The molecule has 0 heterocycles. The molecule has 0 aromatic heterocycles. The molecule has 0 amide bonds. The quantitative estimate of drug-likeness (QED) is 0.523. The van der Waals surface area contributed by atoms with Crippen molar-refractivity contribution in [2.75, 3.05) is 0 Å². The highest BCUT2D eigenvalue weighted by molar-refractivity contribution is 5.72. The summed E-state index contributed by atoms with van der Waals surface area (Å²) in [6.45, 7) is 6.50. The number of hydrogen-bond acceptors (Lipinski definition) is 3. The van der Waals surface area contributed by atoms with Gasteiger partial charge in [0.2, 0.25) is 0 Å². The summed E-state index contributed by atoms with van der Waals surface area (Å²) >= 11 is 0. The van der Waals surface area contributed by atoms with Crippen LogP contribution in [0.1, 0.15) is 27.7 Å². The van der Waals surface area contributed by atoms with Crippen LogP contribution in [0.2, 0.25) is 0 Å². The Morgan fingerprint density at radius 1 is 1.30 bits per heavy atom. The summed E-state index contributed by atoms with van der Waals surface area (Å²) in [4.78, 5) is 9.44. The zero-order valence-corrected chi connectivity index (χ0v) is 7.14. The number of Topliss-reactive ketones (excluding diaryl/α,β-unsaturated/α-hetero) is 1. The predicted molar refractivity (Wildman–Crippen MR) is 42.3 cm³/mol. The van der Waals surface area contributed by atoms with Crippen molar-refractivity contribution < 1.29 is 15.4 Å². The van der Waals surface area contributed by atoms with E-state index in [9.17, 15) is 4.79 Å². The fourth-order valence-corrected chi connectivity index (χ4v) is 0. The molecule has 0 radical (unpaired) electrons. The van der Waals surface area contributed by atoms with Crippen LogP contribution in [0.5, 0.6) is 0 Å². The molecule has 0 aliphatic rings. The molecule has 0 aliphatic heterocycles. The third-order valence-corrected chi connectivity index (χ3v) is 0. The van der Waals surface area contributed by atoms with Crippen LogP contribution >= 0.6 is 0 Å². The summed E-state index contributed by atoms with van der Waals surface area (Å²) in [5.41, 5.74) is 0. The molecule has 4 heteroatoms. The topological polar surface area (TPSA) is 104 Å². The minimum Gasteiger partial charge on any atom is -0.412 e. The van der Waals surface area contributed by atoms with Crippen LogP contribution in [-0.2, 0) is 4.79 Å². The lowest BCUT2D eigenvalue weighted by Crippen LogP contribution is -1.85. The van der Waals surface area contributed by atoms with Crippen molar-refractivity contribution in [3.05, 3.63) is 0 Å². The molecule has 0 aliphatic carbocycles. The molecule has 0 atom stereocenters. The molecule has 10 heavy (non-hydrogen) atoms. The summed E-state index contributed by atoms with van der Waals surface area (Å²) in [7, 11) is 0. The Morgan fingerprint density at radius 2 is 1.30 bits per heavy atom. The second kappa shape index (κ2) is 15.8. The van der Waals surface area contributed by atoms with Crippen LogP contribution in [0.4, 0.5) is 0 Å². The number of aliphatic hydroxyl groups is 1. The molecule has 0 aromatic rings. The molecule has 0 bridgehead atoms. The minimum absolute atomic E-state index is 0. The zero-order valence-electron chi connectivity index (χ0n) is 7.14. The number of carbonyl (C=O) groups excluding carboxylic acids is 1. The fraction of sp³-hybridized carbons (Fsp3) is 0.833. The lowest BCUT2D eigenvalue weighted by molar-refractivity contribution is -0.114. The molecule has 0 saturated carbocycles. The van der Waals surface area contributed by atoms with Gasteiger partial charge in [-0.25, -0.2) is 0 Å². The van der Waals surface area contributed by atoms with Crippen molar-refractivity contribution >= 4 is 5.78 Å². The average Bonchev–Trinajstić information content (AvgIpc) is 1.25. The van der Waals surface area contributed by atoms with Crippen molar-refractivity contribution in [3.63, 3.8) is 0 Å². The summed E-state index contributed by atoms with van der Waals surface area (Å²) in [5.74, 6) is 0.167. The molecule has 0 unspecified atom stereocenters. The normalized spacial score (nSPS) is 6.20. The van der Waals surface area contributed by atoms with Gasteiger partial charge < -0.3 is 21.5 Å². The third kappa shape index (κ3) is 1600. The standard InChI is InChI=1S/C3H8O.C3H6O.H3N.H2O/c2*1-3(2)4;;/h3-4H,1-2H3;1-2H3;1H3;1H2. The van der Waals surface area contributed by atoms with Crippen LogP contribution in [0, 0.1) is 0 Å². The van der Waals surface area contributed by atoms with Crippen molar-refractivity contribution in [3.8, 4) is 0 Å². The highest BCUT2D eigenvalue weighted by atomic mass is 16.3. The van der Waals surface area contributed by atoms with Gasteiger partial charge in [-0.05, 0) is 27.7 Å². The van der Waals surface area contributed by atoms with Gasteiger partial charge in [0, 0.05) is 6.10 Å². The molecule has 4 nitrogen and oxygen atoms in total. The van der Waals surface area contributed by atoms with Gasteiger partial charge in [0.1, 0.15) is 5.78 Å². The van der Waals surface area contributed by atoms with Gasteiger partial charge in [-0.3, -0.25) is 0 Å². The Kier molecular flexibility index (Phi) is 35.9. The van der Waals surface area contributed by atoms with Crippen LogP contribution in [0.3, 0.4) is 0 Å². The molecule has 0 aromatic carbocycles. The smallest absolute Gasteiger partial charge is 0.126 e. The Morgan fingerprint density at radius 3 is 1.30 bits per heavy atom. The first-order chi connectivity index (χ1) is 3.46. The van der Waals surface area contributed by atoms with E-state index in [1.165, 1.54) is 13.8 Å². The van der Waals surface area contributed by atoms with E-state index >= 15 is 0 Å². The monoisotopic (exact) mass is 153 g/mol. The molecule has 0 rings (SSSR count). The molecule has 6 N–H and O–H groups in total. The maximum atomic E-state index is 9.44. The first-order valence-electron chi connectivity index (χ1n) is 2.62. The number of hydrogen-bond donors (Lipinski definition) is 2. The molecule has 0 spiro atoms. The summed E-state index contributed by atoms with van der Waals surface area (Å²) in [6, 6.07) is 0. The molecular formula is C6H19NO3. The molecule has 66 valence electrons. The van der Waals surface area contributed by atoms with Gasteiger partial charge in [-0.15, -0.1) is 0 Å². The Hall–Kier alpha value is -0.450. The van der Waals surface area contributed by atoms with Gasteiger partial charge in [0.05, 0.1) is 0 Å². The van der Waals surface area contributed by atoms with E-state index in [1.54, 1.807) is 13.8 Å². The Labute approximate surface area is 62.1 Å². The van der Waals surface area contributed by atoms with Crippen LogP contribution in [-0.4, -0.2) is 22.5 Å². The number of carbonyl (C=O) groups is 1. The SMILES string of the molecule is CC(C)=O.CC(C)O.N.O.